The first-order valence-corrected chi connectivity index (χ1v) is 11.4. The number of hydrogen-bond donors (Lipinski definition) is 1. The summed E-state index contributed by atoms with van der Waals surface area (Å²) >= 11 is 2.95. The summed E-state index contributed by atoms with van der Waals surface area (Å²) in [6.45, 7) is 2.08. The Morgan fingerprint density at radius 3 is 2.86 bits per heavy atom. The highest BCUT2D eigenvalue weighted by molar-refractivity contribution is 7.14. The Bertz CT molecular complexity index is 1010. The number of anilines is 1. The first-order chi connectivity index (χ1) is 14.1. The minimum atomic E-state index is -0.295. The number of nitrogens with one attached hydrogen (secondary N) is 1. The van der Waals surface area contributed by atoms with Crippen LogP contribution in [0.4, 0.5) is 5.69 Å². The lowest BCUT2D eigenvalue weighted by atomic mass is 9.99. The van der Waals surface area contributed by atoms with Gasteiger partial charge in [0, 0.05) is 15.9 Å². The van der Waals surface area contributed by atoms with E-state index in [0.717, 1.165) is 24.1 Å². The summed E-state index contributed by atoms with van der Waals surface area (Å²) in [5.41, 5.74) is 3.79. The maximum Gasteiger partial charge on any atom is 0.348 e. The summed E-state index contributed by atoms with van der Waals surface area (Å²) in [5, 5.41) is 5.45. The van der Waals surface area contributed by atoms with E-state index in [-0.39, 0.29) is 24.9 Å². The molecule has 0 saturated carbocycles. The number of benzene rings is 1. The van der Waals surface area contributed by atoms with E-state index in [0.29, 0.717) is 15.6 Å². The number of thiazole rings is 1. The number of nitrogens with zero attached hydrogens (tertiary/aromatic N) is 1. The third kappa shape index (κ3) is 4.92. The Morgan fingerprint density at radius 2 is 2.03 bits per heavy atom. The average Bonchev–Trinajstić information content (AvgIpc) is 3.34. The number of thiophene rings is 1. The highest BCUT2D eigenvalue weighted by atomic mass is 32.1. The second-order valence-corrected chi connectivity index (χ2v) is 9.19. The molecule has 0 radical (unpaired) electrons. The lowest BCUT2D eigenvalue weighted by molar-refractivity contribution is -0.115. The predicted octanol–water partition coefficient (Wildman–Crippen LogP) is 4.93. The molecule has 0 bridgehead atoms. The fraction of sp³-hybridized carbons (Fsp3) is 0.318. The van der Waals surface area contributed by atoms with Gasteiger partial charge in [-0.1, -0.05) is 18.2 Å². The maximum atomic E-state index is 12.4. The van der Waals surface area contributed by atoms with E-state index in [4.69, 9.17) is 4.74 Å². The number of fused-ring (bicyclic) bond motifs is 1. The van der Waals surface area contributed by atoms with E-state index in [2.05, 4.69) is 10.3 Å². The minimum Gasteiger partial charge on any atom is -0.455 e. The number of amides is 1. The van der Waals surface area contributed by atoms with E-state index in [9.17, 15) is 9.59 Å². The third-order valence-corrected chi connectivity index (χ3v) is 6.99. The molecule has 1 aliphatic rings. The van der Waals surface area contributed by atoms with Gasteiger partial charge < -0.3 is 10.1 Å². The van der Waals surface area contributed by atoms with Crippen LogP contribution >= 0.6 is 22.7 Å². The van der Waals surface area contributed by atoms with Gasteiger partial charge in [-0.15, -0.1) is 22.7 Å². The normalized spacial score (nSPS) is 13.0. The molecule has 0 fully saturated rings. The molecule has 0 spiro atoms. The smallest absolute Gasteiger partial charge is 0.348 e. The van der Waals surface area contributed by atoms with Crippen molar-refractivity contribution in [3.8, 4) is 0 Å². The molecule has 0 saturated heterocycles. The summed E-state index contributed by atoms with van der Waals surface area (Å²) in [7, 11) is 0. The topological polar surface area (TPSA) is 68.3 Å². The van der Waals surface area contributed by atoms with Crippen molar-refractivity contribution < 1.29 is 14.3 Å². The van der Waals surface area contributed by atoms with Crippen LogP contribution in [0.1, 0.15) is 49.2 Å². The fourth-order valence-electron chi connectivity index (χ4n) is 3.34. The molecule has 0 atom stereocenters. The Kier molecular flexibility index (Phi) is 6.06. The van der Waals surface area contributed by atoms with Crippen LogP contribution in [0.3, 0.4) is 0 Å². The van der Waals surface area contributed by atoms with Gasteiger partial charge in [-0.2, -0.15) is 0 Å². The summed E-state index contributed by atoms with van der Waals surface area (Å²) in [6, 6.07) is 9.63. The molecule has 1 aliphatic carbocycles. The van der Waals surface area contributed by atoms with Crippen LogP contribution in [0.25, 0.3) is 0 Å². The van der Waals surface area contributed by atoms with Crippen LogP contribution in [0.2, 0.25) is 0 Å². The largest absolute Gasteiger partial charge is 0.455 e. The molecular formula is C22H22N2O3S2. The molecule has 4 rings (SSSR count). The molecule has 1 aromatic carbocycles. The predicted molar refractivity (Wildman–Crippen MR) is 116 cm³/mol. The summed E-state index contributed by atoms with van der Waals surface area (Å²) in [6.07, 6.45) is 4.70. The van der Waals surface area contributed by atoms with Gasteiger partial charge in [0.1, 0.15) is 16.5 Å². The summed E-state index contributed by atoms with van der Waals surface area (Å²) in [5.74, 6) is -0.405. The number of para-hydroxylation sites is 1. The van der Waals surface area contributed by atoms with Crippen molar-refractivity contribution >= 4 is 40.2 Å². The van der Waals surface area contributed by atoms with Crippen molar-refractivity contribution in [2.45, 2.75) is 45.6 Å². The van der Waals surface area contributed by atoms with Crippen LogP contribution in [-0.2, 0) is 35.4 Å². The number of carbonyl (C=O) groups excluding carboxylic acids is 2. The molecule has 29 heavy (non-hydrogen) atoms. The third-order valence-electron chi connectivity index (χ3n) is 4.88. The highest BCUT2D eigenvalue weighted by Crippen LogP contribution is 2.30. The monoisotopic (exact) mass is 426 g/mol. The lowest BCUT2D eigenvalue weighted by Crippen LogP contribution is -2.15. The number of esters is 1. The first kappa shape index (κ1) is 19.8. The first-order valence-electron chi connectivity index (χ1n) is 9.66. The van der Waals surface area contributed by atoms with Gasteiger partial charge in [0.2, 0.25) is 5.91 Å². The molecule has 5 nitrogen and oxygen atoms in total. The standard InChI is InChI=1S/C22H22N2O3S2/c1-14-6-2-4-8-17(14)24-20(25)11-21-23-16(13-28-21)12-27-22(26)19-10-15-7-3-5-9-18(15)29-19/h2,4,6,8,10,13H,3,5,7,9,11-12H2,1H3,(H,24,25). The molecule has 0 unspecified atom stereocenters. The van der Waals surface area contributed by atoms with Gasteiger partial charge in [-0.25, -0.2) is 9.78 Å². The SMILES string of the molecule is Cc1ccccc1NC(=O)Cc1nc(COC(=O)c2cc3c(s2)CCCC3)cs1. The molecule has 1 N–H and O–H groups in total. The molecule has 2 aromatic heterocycles. The van der Waals surface area contributed by atoms with Crippen LogP contribution in [0.5, 0.6) is 0 Å². The zero-order valence-corrected chi connectivity index (χ0v) is 17.8. The van der Waals surface area contributed by atoms with Crippen LogP contribution in [0.15, 0.2) is 35.7 Å². The maximum absolute atomic E-state index is 12.4. The second kappa shape index (κ2) is 8.88. The Morgan fingerprint density at radius 1 is 1.21 bits per heavy atom. The van der Waals surface area contributed by atoms with Gasteiger partial charge in [0.15, 0.2) is 0 Å². The lowest BCUT2D eigenvalue weighted by Gasteiger charge is -2.08. The zero-order valence-electron chi connectivity index (χ0n) is 16.2. The molecule has 2 heterocycles. The van der Waals surface area contributed by atoms with Crippen molar-refractivity contribution in [1.29, 1.82) is 0 Å². The van der Waals surface area contributed by atoms with Crippen LogP contribution < -0.4 is 5.32 Å². The van der Waals surface area contributed by atoms with Gasteiger partial charge in [0.25, 0.3) is 0 Å². The van der Waals surface area contributed by atoms with Crippen molar-refractivity contribution in [2.75, 3.05) is 5.32 Å². The summed E-state index contributed by atoms with van der Waals surface area (Å²) < 4.78 is 5.44. The molecule has 3 aromatic rings. The number of ether oxygens (including phenoxy) is 1. The van der Waals surface area contributed by atoms with E-state index in [1.807, 2.05) is 42.6 Å². The summed E-state index contributed by atoms with van der Waals surface area (Å²) in [4.78, 5) is 31.0. The van der Waals surface area contributed by atoms with E-state index in [1.54, 1.807) is 11.3 Å². The number of aryl methyl sites for hydroxylation is 3. The Hall–Kier alpha value is -2.51. The van der Waals surface area contributed by atoms with Gasteiger partial charge in [0.05, 0.1) is 12.1 Å². The fourth-order valence-corrected chi connectivity index (χ4v) is 5.27. The molecule has 150 valence electrons. The van der Waals surface area contributed by atoms with E-state index in [1.165, 1.54) is 34.6 Å². The number of rotatable bonds is 6. The van der Waals surface area contributed by atoms with Crippen molar-refractivity contribution in [3.63, 3.8) is 0 Å². The zero-order chi connectivity index (χ0) is 20.2. The van der Waals surface area contributed by atoms with Crippen molar-refractivity contribution in [2.24, 2.45) is 0 Å². The number of carbonyl (C=O) groups is 2. The molecule has 1 amide bonds. The number of hydrogen-bond acceptors (Lipinski definition) is 6. The second-order valence-electron chi connectivity index (χ2n) is 7.11. The minimum absolute atomic E-state index is 0.110. The molecule has 0 aliphatic heterocycles. The molecule has 7 heteroatoms. The quantitative estimate of drug-likeness (QED) is 0.568. The van der Waals surface area contributed by atoms with E-state index < -0.39 is 0 Å². The Labute approximate surface area is 177 Å². The Balaban J connectivity index is 1.30. The van der Waals surface area contributed by atoms with Gasteiger partial charge in [-0.3, -0.25) is 4.79 Å². The van der Waals surface area contributed by atoms with E-state index >= 15 is 0 Å². The molecular weight excluding hydrogens is 404 g/mol. The highest BCUT2D eigenvalue weighted by Gasteiger charge is 2.18. The van der Waals surface area contributed by atoms with Crippen LogP contribution in [0, 0.1) is 6.92 Å². The average molecular weight is 427 g/mol. The van der Waals surface area contributed by atoms with Crippen molar-refractivity contribution in [3.05, 3.63) is 67.3 Å². The van der Waals surface area contributed by atoms with Crippen molar-refractivity contribution in [1.82, 2.24) is 4.98 Å². The van der Waals surface area contributed by atoms with Gasteiger partial charge in [-0.05, 0) is 55.9 Å². The van der Waals surface area contributed by atoms with Gasteiger partial charge >= 0.3 is 5.97 Å². The van der Waals surface area contributed by atoms with Crippen LogP contribution in [-0.4, -0.2) is 16.9 Å². The number of aromatic nitrogens is 1.